The summed E-state index contributed by atoms with van der Waals surface area (Å²) in [7, 11) is -4.13. The molecule has 25 heavy (non-hydrogen) atoms. The zero-order valence-electron chi connectivity index (χ0n) is 14.2. The molecule has 140 valence electrons. The fourth-order valence-corrected chi connectivity index (χ4v) is 4.01. The van der Waals surface area contributed by atoms with E-state index in [-0.39, 0.29) is 4.90 Å². The van der Waals surface area contributed by atoms with Crippen LogP contribution in [0.3, 0.4) is 0 Å². The summed E-state index contributed by atoms with van der Waals surface area (Å²) in [6, 6.07) is 6.10. The Morgan fingerprint density at radius 2 is 1.88 bits per heavy atom. The number of ether oxygens (including phenoxy) is 3. The third kappa shape index (κ3) is 3.72. The second-order valence-electron chi connectivity index (χ2n) is 6.64. The highest BCUT2D eigenvalue weighted by molar-refractivity contribution is 7.86. The number of benzene rings is 1. The first kappa shape index (κ1) is 18.7. The SMILES string of the molecule is Cc1ccc(S(=O)(=O)O[C@H](CO)[C@@H]2O[C@@H]3OC(C)(C)O[C@H]3[C@H]2O)cc1. The van der Waals surface area contributed by atoms with Crippen LogP contribution in [0.4, 0.5) is 0 Å². The van der Waals surface area contributed by atoms with Crippen molar-refractivity contribution in [2.75, 3.05) is 6.61 Å². The van der Waals surface area contributed by atoms with Gasteiger partial charge in [-0.05, 0) is 32.9 Å². The monoisotopic (exact) mass is 374 g/mol. The van der Waals surface area contributed by atoms with Crippen LogP contribution in [0.25, 0.3) is 0 Å². The second kappa shape index (κ2) is 6.58. The summed E-state index contributed by atoms with van der Waals surface area (Å²) < 4.78 is 46.5. The van der Waals surface area contributed by atoms with Crippen LogP contribution >= 0.6 is 0 Å². The van der Waals surface area contributed by atoms with Gasteiger partial charge >= 0.3 is 0 Å². The maximum Gasteiger partial charge on any atom is 0.297 e. The van der Waals surface area contributed by atoms with E-state index in [2.05, 4.69) is 0 Å². The summed E-state index contributed by atoms with van der Waals surface area (Å²) in [6.45, 7) is 4.53. The van der Waals surface area contributed by atoms with Gasteiger partial charge in [0, 0.05) is 0 Å². The lowest BCUT2D eigenvalue weighted by Crippen LogP contribution is -2.44. The molecule has 0 aliphatic carbocycles. The van der Waals surface area contributed by atoms with E-state index in [4.69, 9.17) is 18.4 Å². The summed E-state index contributed by atoms with van der Waals surface area (Å²) in [5, 5.41) is 19.9. The van der Waals surface area contributed by atoms with Crippen molar-refractivity contribution in [1.82, 2.24) is 0 Å². The van der Waals surface area contributed by atoms with Gasteiger partial charge < -0.3 is 24.4 Å². The molecule has 2 fully saturated rings. The fraction of sp³-hybridized carbons (Fsp3) is 0.625. The fourth-order valence-electron chi connectivity index (χ4n) is 2.94. The van der Waals surface area contributed by atoms with Crippen LogP contribution in [0.2, 0.25) is 0 Å². The number of aliphatic hydroxyl groups excluding tert-OH is 2. The number of aliphatic hydroxyl groups is 2. The molecule has 0 bridgehead atoms. The van der Waals surface area contributed by atoms with Gasteiger partial charge in [-0.15, -0.1) is 0 Å². The third-order valence-electron chi connectivity index (χ3n) is 4.16. The molecule has 0 radical (unpaired) electrons. The molecule has 5 atom stereocenters. The normalized spacial score (nSPS) is 32.5. The van der Waals surface area contributed by atoms with E-state index in [1.807, 2.05) is 6.92 Å². The van der Waals surface area contributed by atoms with Crippen LogP contribution in [-0.2, 0) is 28.5 Å². The van der Waals surface area contributed by atoms with Crippen molar-refractivity contribution < 1.29 is 37.0 Å². The quantitative estimate of drug-likeness (QED) is 0.708. The maximum atomic E-state index is 12.4. The van der Waals surface area contributed by atoms with Crippen LogP contribution in [0.15, 0.2) is 29.2 Å². The highest BCUT2D eigenvalue weighted by Gasteiger charge is 2.56. The van der Waals surface area contributed by atoms with E-state index in [0.717, 1.165) is 5.56 Å². The van der Waals surface area contributed by atoms with Gasteiger partial charge in [0.15, 0.2) is 12.1 Å². The zero-order valence-corrected chi connectivity index (χ0v) is 15.0. The molecule has 2 saturated heterocycles. The largest absolute Gasteiger partial charge is 0.394 e. The number of fused-ring (bicyclic) bond motifs is 1. The number of aryl methyl sites for hydroxylation is 1. The maximum absolute atomic E-state index is 12.4. The zero-order chi connectivity index (χ0) is 18.4. The summed E-state index contributed by atoms with van der Waals surface area (Å²) in [5.41, 5.74) is 0.900. The van der Waals surface area contributed by atoms with Gasteiger partial charge in [0.2, 0.25) is 0 Å². The summed E-state index contributed by atoms with van der Waals surface area (Å²) in [6.07, 6.45) is -5.22. The predicted molar refractivity (Wildman–Crippen MR) is 85.0 cm³/mol. The molecule has 0 unspecified atom stereocenters. The molecule has 8 nitrogen and oxygen atoms in total. The van der Waals surface area contributed by atoms with E-state index in [0.29, 0.717) is 0 Å². The smallest absolute Gasteiger partial charge is 0.297 e. The Bertz CT molecular complexity index is 714. The molecule has 2 aliphatic heterocycles. The molecule has 3 rings (SSSR count). The molecule has 0 saturated carbocycles. The van der Waals surface area contributed by atoms with E-state index in [9.17, 15) is 18.6 Å². The van der Waals surface area contributed by atoms with Crippen molar-refractivity contribution >= 4 is 10.1 Å². The highest BCUT2D eigenvalue weighted by atomic mass is 32.2. The van der Waals surface area contributed by atoms with Crippen LogP contribution in [0.5, 0.6) is 0 Å². The van der Waals surface area contributed by atoms with Gasteiger partial charge in [0.05, 0.1) is 11.5 Å². The van der Waals surface area contributed by atoms with Gasteiger partial charge in [-0.25, -0.2) is 0 Å². The van der Waals surface area contributed by atoms with Gasteiger partial charge in [0.25, 0.3) is 10.1 Å². The lowest BCUT2D eigenvalue weighted by molar-refractivity contribution is -0.225. The first-order chi connectivity index (χ1) is 11.6. The van der Waals surface area contributed by atoms with E-state index >= 15 is 0 Å². The molecular weight excluding hydrogens is 352 g/mol. The minimum absolute atomic E-state index is 0.0436. The second-order valence-corrected chi connectivity index (χ2v) is 8.22. The van der Waals surface area contributed by atoms with Crippen molar-refractivity contribution in [3.05, 3.63) is 29.8 Å². The third-order valence-corrected chi connectivity index (χ3v) is 5.51. The molecule has 0 aromatic heterocycles. The Hall–Kier alpha value is -1.07. The van der Waals surface area contributed by atoms with Gasteiger partial charge in [-0.1, -0.05) is 17.7 Å². The topological polar surface area (TPSA) is 112 Å². The van der Waals surface area contributed by atoms with Crippen LogP contribution in [0, 0.1) is 6.92 Å². The molecule has 0 amide bonds. The van der Waals surface area contributed by atoms with Crippen molar-refractivity contribution in [1.29, 1.82) is 0 Å². The first-order valence-corrected chi connectivity index (χ1v) is 9.34. The molecule has 0 spiro atoms. The van der Waals surface area contributed by atoms with Crippen LogP contribution in [0.1, 0.15) is 19.4 Å². The Morgan fingerprint density at radius 1 is 1.24 bits per heavy atom. The Labute approximate surface area is 146 Å². The summed E-state index contributed by atoms with van der Waals surface area (Å²) in [4.78, 5) is -0.0436. The Morgan fingerprint density at radius 3 is 2.44 bits per heavy atom. The number of hydrogen-bond acceptors (Lipinski definition) is 8. The van der Waals surface area contributed by atoms with Crippen LogP contribution in [-0.4, -0.2) is 61.7 Å². The van der Waals surface area contributed by atoms with Crippen molar-refractivity contribution in [2.24, 2.45) is 0 Å². The standard InChI is InChI=1S/C16H22O8S/c1-9-4-6-10(7-5-9)25(19,20)24-11(8-17)13-12(18)14-15(21-13)23-16(2,3)22-14/h4-7,11-15,17-18H,8H2,1-3H3/t11-,12+,13+,14+,15-/m1/s1. The van der Waals surface area contributed by atoms with Gasteiger partial charge in [-0.2, -0.15) is 8.42 Å². The summed E-state index contributed by atoms with van der Waals surface area (Å²) in [5.74, 6) is -0.912. The van der Waals surface area contributed by atoms with Gasteiger partial charge in [0.1, 0.15) is 24.4 Å². The lowest BCUT2D eigenvalue weighted by atomic mass is 10.1. The molecule has 2 aliphatic rings. The van der Waals surface area contributed by atoms with Crippen molar-refractivity contribution in [2.45, 2.75) is 62.2 Å². The minimum Gasteiger partial charge on any atom is -0.394 e. The predicted octanol–water partition coefficient (Wildman–Crippen LogP) is 0.299. The Kier molecular flexibility index (Phi) is 4.93. The highest BCUT2D eigenvalue weighted by Crippen LogP contribution is 2.39. The first-order valence-electron chi connectivity index (χ1n) is 7.93. The van der Waals surface area contributed by atoms with Gasteiger partial charge in [-0.3, -0.25) is 4.18 Å². The van der Waals surface area contributed by atoms with E-state index in [1.54, 1.807) is 26.0 Å². The average Bonchev–Trinajstić information content (AvgIpc) is 2.99. The molecule has 9 heteroatoms. The minimum atomic E-state index is -4.13. The van der Waals surface area contributed by atoms with Crippen LogP contribution < -0.4 is 0 Å². The van der Waals surface area contributed by atoms with Crippen molar-refractivity contribution in [3.8, 4) is 0 Å². The van der Waals surface area contributed by atoms with E-state index in [1.165, 1.54) is 12.1 Å². The molecule has 1 aromatic rings. The number of rotatable bonds is 5. The average molecular weight is 374 g/mol. The van der Waals surface area contributed by atoms with Crippen molar-refractivity contribution in [3.63, 3.8) is 0 Å². The Balaban J connectivity index is 1.74. The van der Waals surface area contributed by atoms with E-state index < -0.39 is 53.2 Å². The molecule has 2 N–H and O–H groups in total. The lowest BCUT2D eigenvalue weighted by Gasteiger charge is -2.27. The number of hydrogen-bond donors (Lipinski definition) is 2. The molecule has 2 heterocycles. The molecular formula is C16H22O8S. The summed E-state index contributed by atoms with van der Waals surface area (Å²) >= 11 is 0. The molecule has 1 aromatic carbocycles.